The van der Waals surface area contributed by atoms with Crippen molar-refractivity contribution < 1.29 is 36.2 Å². The van der Waals surface area contributed by atoms with Crippen LogP contribution in [0.4, 0.5) is 13.2 Å². The van der Waals surface area contributed by atoms with Crippen molar-refractivity contribution in [3.05, 3.63) is 57.6 Å². The van der Waals surface area contributed by atoms with Crippen molar-refractivity contribution in [2.24, 2.45) is 0 Å². The van der Waals surface area contributed by atoms with Gasteiger partial charge in [-0.15, -0.1) is 0 Å². The van der Waals surface area contributed by atoms with Crippen molar-refractivity contribution in [2.75, 3.05) is 0 Å². The first-order chi connectivity index (χ1) is 12.9. The molecule has 0 saturated carbocycles. The van der Waals surface area contributed by atoms with Crippen LogP contribution in [0, 0.1) is 0 Å². The summed E-state index contributed by atoms with van der Waals surface area (Å²) in [6, 6.07) is 6.98. The van der Waals surface area contributed by atoms with Gasteiger partial charge in [0.1, 0.15) is 5.75 Å². The third-order valence-corrected chi connectivity index (χ3v) is 6.35. The molecule has 1 aliphatic rings. The number of alkyl halides is 3. The summed E-state index contributed by atoms with van der Waals surface area (Å²) in [5.41, 5.74) is -1.12. The number of hydrogen-bond acceptors (Lipinski definition) is 4. The van der Waals surface area contributed by atoms with Gasteiger partial charge in [0.25, 0.3) is 0 Å². The van der Waals surface area contributed by atoms with Crippen molar-refractivity contribution in [3.8, 4) is 5.75 Å². The maximum Gasteiger partial charge on any atom is 0.430 e. The normalized spacial score (nSPS) is 16.8. The lowest BCUT2D eigenvalue weighted by Crippen LogP contribution is -2.40. The molecule has 0 amide bonds. The third-order valence-electron chi connectivity index (χ3n) is 3.86. The number of benzene rings is 2. The molecule has 28 heavy (non-hydrogen) atoms. The molecular weight excluding hydrogens is 444 g/mol. The second-order valence-corrected chi connectivity index (χ2v) is 8.48. The van der Waals surface area contributed by atoms with E-state index < -0.39 is 44.3 Å². The van der Waals surface area contributed by atoms with Crippen LogP contribution >= 0.6 is 23.2 Å². The van der Waals surface area contributed by atoms with Gasteiger partial charge in [-0.25, -0.2) is 13.2 Å². The number of fused-ring (bicyclic) bond motifs is 1. The average molecular weight is 453 g/mol. The molecular formula is C17H9Cl2F3O5S. The van der Waals surface area contributed by atoms with E-state index in [0.717, 1.165) is 18.2 Å². The van der Waals surface area contributed by atoms with E-state index in [-0.39, 0.29) is 20.5 Å². The summed E-state index contributed by atoms with van der Waals surface area (Å²) in [5, 5.41) is 9.02. The second kappa shape index (κ2) is 6.98. The maximum absolute atomic E-state index is 13.2. The standard InChI is InChI=1S/C17H9Cl2F3O5S/c18-9-1-3-10(4-2-9)28(25,26)14-7-13-8(6-12(14)19)5-11(16(23)24)15(27-13)17(20,21)22/h1-7,15H,(H,23,24)/t15-/m0/s1. The van der Waals surface area contributed by atoms with Gasteiger partial charge in [-0.1, -0.05) is 23.2 Å². The monoisotopic (exact) mass is 452 g/mol. The maximum atomic E-state index is 13.2. The molecule has 148 valence electrons. The molecule has 0 saturated heterocycles. The molecule has 0 unspecified atom stereocenters. The molecule has 0 aliphatic carbocycles. The van der Waals surface area contributed by atoms with Crippen LogP contribution in [0.25, 0.3) is 6.08 Å². The molecule has 0 radical (unpaired) electrons. The molecule has 0 fully saturated rings. The van der Waals surface area contributed by atoms with Crippen LogP contribution in [-0.2, 0) is 14.6 Å². The first-order valence-corrected chi connectivity index (χ1v) is 9.67. The van der Waals surface area contributed by atoms with Gasteiger partial charge in [-0.3, -0.25) is 0 Å². The minimum Gasteiger partial charge on any atom is -0.478 e. The van der Waals surface area contributed by atoms with Crippen LogP contribution in [0.2, 0.25) is 10.0 Å². The van der Waals surface area contributed by atoms with E-state index in [1.807, 2.05) is 0 Å². The number of ether oxygens (including phenoxy) is 1. The van der Waals surface area contributed by atoms with Crippen LogP contribution < -0.4 is 4.74 Å². The van der Waals surface area contributed by atoms with Gasteiger partial charge in [0.2, 0.25) is 15.9 Å². The number of carboxylic acid groups (broad SMARTS) is 1. The smallest absolute Gasteiger partial charge is 0.430 e. The van der Waals surface area contributed by atoms with E-state index in [1.165, 1.54) is 24.3 Å². The highest BCUT2D eigenvalue weighted by Gasteiger charge is 2.48. The average Bonchev–Trinajstić information content (AvgIpc) is 2.59. The Balaban J connectivity index is 2.15. The number of carboxylic acids is 1. The quantitative estimate of drug-likeness (QED) is 0.734. The van der Waals surface area contributed by atoms with E-state index in [9.17, 15) is 26.4 Å². The predicted octanol–water partition coefficient (Wildman–Crippen LogP) is 4.62. The third kappa shape index (κ3) is 3.69. The number of sulfone groups is 1. The molecule has 0 spiro atoms. The van der Waals surface area contributed by atoms with Crippen LogP contribution in [0.1, 0.15) is 5.56 Å². The Kier molecular flexibility index (Phi) is 5.11. The Labute approximate surface area is 166 Å². The van der Waals surface area contributed by atoms with Gasteiger partial charge >= 0.3 is 12.1 Å². The number of aliphatic carboxylic acids is 1. The van der Waals surface area contributed by atoms with E-state index in [1.54, 1.807) is 0 Å². The zero-order valence-corrected chi connectivity index (χ0v) is 15.8. The van der Waals surface area contributed by atoms with E-state index in [2.05, 4.69) is 0 Å². The second-order valence-electron chi connectivity index (χ2n) is 5.72. The van der Waals surface area contributed by atoms with Gasteiger partial charge in [0.15, 0.2) is 0 Å². The van der Waals surface area contributed by atoms with E-state index >= 15 is 0 Å². The van der Waals surface area contributed by atoms with Crippen molar-refractivity contribution >= 4 is 45.1 Å². The molecule has 1 atom stereocenters. The Morgan fingerprint density at radius 2 is 1.71 bits per heavy atom. The Hall–Kier alpha value is -2.23. The first kappa shape index (κ1) is 20.5. The van der Waals surface area contributed by atoms with Crippen molar-refractivity contribution in [2.45, 2.75) is 22.1 Å². The fraction of sp³-hybridized carbons (Fsp3) is 0.118. The summed E-state index contributed by atoms with van der Waals surface area (Å²) in [7, 11) is -4.19. The lowest BCUT2D eigenvalue weighted by Gasteiger charge is -2.27. The van der Waals surface area contributed by atoms with Gasteiger partial charge in [0, 0.05) is 16.7 Å². The fourth-order valence-electron chi connectivity index (χ4n) is 2.56. The summed E-state index contributed by atoms with van der Waals surface area (Å²) in [6.07, 6.45) is -7.01. The lowest BCUT2D eigenvalue weighted by atomic mass is 10.0. The number of hydrogen-bond donors (Lipinski definition) is 1. The van der Waals surface area contributed by atoms with Crippen LogP contribution in [0.5, 0.6) is 5.75 Å². The molecule has 0 aromatic heterocycles. The molecule has 0 bridgehead atoms. The highest BCUT2D eigenvalue weighted by Crippen LogP contribution is 2.41. The lowest BCUT2D eigenvalue weighted by molar-refractivity contribution is -0.187. The number of rotatable bonds is 3. The Morgan fingerprint density at radius 1 is 1.11 bits per heavy atom. The number of carbonyl (C=O) groups is 1. The fourth-order valence-corrected chi connectivity index (χ4v) is 4.49. The Morgan fingerprint density at radius 3 is 2.25 bits per heavy atom. The van der Waals surface area contributed by atoms with Gasteiger partial charge in [0.05, 0.1) is 20.4 Å². The Bertz CT molecular complexity index is 1090. The SMILES string of the molecule is O=C(O)C1=Cc2cc(Cl)c(S(=O)(=O)c3ccc(Cl)cc3)cc2O[C@@H]1C(F)(F)F. The van der Waals surface area contributed by atoms with Gasteiger partial charge < -0.3 is 9.84 Å². The zero-order valence-electron chi connectivity index (χ0n) is 13.5. The summed E-state index contributed by atoms with van der Waals surface area (Å²) >= 11 is 11.8. The molecule has 11 heteroatoms. The molecule has 2 aromatic carbocycles. The predicted molar refractivity (Wildman–Crippen MR) is 94.4 cm³/mol. The largest absolute Gasteiger partial charge is 0.478 e. The number of halogens is 5. The summed E-state index contributed by atoms with van der Waals surface area (Å²) in [5.74, 6) is -2.27. The van der Waals surface area contributed by atoms with Gasteiger partial charge in [-0.05, 0) is 36.4 Å². The van der Waals surface area contributed by atoms with Crippen molar-refractivity contribution in [3.63, 3.8) is 0 Å². The topological polar surface area (TPSA) is 80.7 Å². The van der Waals surface area contributed by atoms with E-state index in [0.29, 0.717) is 0 Å². The summed E-state index contributed by atoms with van der Waals surface area (Å²) in [6.45, 7) is 0. The van der Waals surface area contributed by atoms with Crippen molar-refractivity contribution in [1.29, 1.82) is 0 Å². The molecule has 3 rings (SSSR count). The van der Waals surface area contributed by atoms with Gasteiger partial charge in [-0.2, -0.15) is 13.2 Å². The van der Waals surface area contributed by atoms with Crippen LogP contribution in [0.15, 0.2) is 51.8 Å². The summed E-state index contributed by atoms with van der Waals surface area (Å²) in [4.78, 5) is 10.5. The van der Waals surface area contributed by atoms with Crippen LogP contribution in [-0.4, -0.2) is 31.8 Å². The summed E-state index contributed by atoms with van der Waals surface area (Å²) < 4.78 is 69.9. The first-order valence-electron chi connectivity index (χ1n) is 7.43. The van der Waals surface area contributed by atoms with E-state index in [4.69, 9.17) is 33.0 Å². The minimum absolute atomic E-state index is 0.0852. The highest BCUT2D eigenvalue weighted by molar-refractivity contribution is 7.91. The zero-order chi connectivity index (χ0) is 20.9. The molecule has 5 nitrogen and oxygen atoms in total. The van der Waals surface area contributed by atoms with Crippen molar-refractivity contribution in [1.82, 2.24) is 0 Å². The molecule has 1 aliphatic heterocycles. The molecule has 2 aromatic rings. The minimum atomic E-state index is -5.02. The molecule has 1 N–H and O–H groups in total. The highest BCUT2D eigenvalue weighted by atomic mass is 35.5. The van der Waals surface area contributed by atoms with Crippen LogP contribution in [0.3, 0.4) is 0 Å². The molecule has 1 heterocycles.